The largest absolute Gasteiger partial charge is 0.355 e. The van der Waals surface area contributed by atoms with Gasteiger partial charge in [0.15, 0.2) is 0 Å². The van der Waals surface area contributed by atoms with Crippen molar-refractivity contribution in [1.82, 2.24) is 10.2 Å². The molecule has 0 unspecified atom stereocenters. The van der Waals surface area contributed by atoms with E-state index >= 15 is 0 Å². The number of carbonyl (C=O) groups is 1. The van der Waals surface area contributed by atoms with Crippen molar-refractivity contribution in [3.63, 3.8) is 0 Å². The average Bonchev–Trinajstić information content (AvgIpc) is 2.66. The number of rotatable bonds is 8. The highest BCUT2D eigenvalue weighted by molar-refractivity contribution is 5.76. The van der Waals surface area contributed by atoms with Gasteiger partial charge in [-0.1, -0.05) is 49.4 Å². The molecule has 1 N–H and O–H groups in total. The van der Waals surface area contributed by atoms with Crippen LogP contribution in [0.25, 0.3) is 0 Å². The van der Waals surface area contributed by atoms with Gasteiger partial charge in [0.05, 0.1) is 11.6 Å². The van der Waals surface area contributed by atoms with Crippen LogP contribution in [0, 0.1) is 11.3 Å². The standard InChI is InChI=1S/C22H27N3O/c1-17(20-7-5-4-6-8-20)13-22(26)24-16-21(25(2)3)14-18-9-11-19(15-23)12-10-18/h4-12,17,21H,13-14,16H2,1-3H3,(H,24,26)/t17-,21+/m1/s1. The Morgan fingerprint density at radius 3 is 2.35 bits per heavy atom. The van der Waals surface area contributed by atoms with Gasteiger partial charge in [-0.15, -0.1) is 0 Å². The van der Waals surface area contributed by atoms with Crippen LogP contribution in [-0.2, 0) is 11.2 Å². The Balaban J connectivity index is 1.87. The van der Waals surface area contributed by atoms with Crippen LogP contribution in [0.5, 0.6) is 0 Å². The van der Waals surface area contributed by atoms with Gasteiger partial charge in [0.2, 0.25) is 5.91 Å². The van der Waals surface area contributed by atoms with Gasteiger partial charge in [0, 0.05) is 19.0 Å². The summed E-state index contributed by atoms with van der Waals surface area (Å²) in [6.07, 6.45) is 1.31. The monoisotopic (exact) mass is 349 g/mol. The average molecular weight is 349 g/mol. The van der Waals surface area contributed by atoms with Crippen LogP contribution in [0.4, 0.5) is 0 Å². The zero-order chi connectivity index (χ0) is 18.9. The molecule has 2 rings (SSSR count). The summed E-state index contributed by atoms with van der Waals surface area (Å²) >= 11 is 0. The van der Waals surface area contributed by atoms with E-state index in [9.17, 15) is 4.79 Å². The molecular formula is C22H27N3O. The fourth-order valence-corrected chi connectivity index (χ4v) is 2.91. The Morgan fingerprint density at radius 1 is 1.12 bits per heavy atom. The van der Waals surface area contributed by atoms with E-state index in [0.717, 1.165) is 12.0 Å². The second-order valence-electron chi connectivity index (χ2n) is 6.95. The Morgan fingerprint density at radius 2 is 1.77 bits per heavy atom. The molecule has 0 aliphatic heterocycles. The molecule has 4 heteroatoms. The zero-order valence-electron chi connectivity index (χ0n) is 15.8. The van der Waals surface area contributed by atoms with Gasteiger partial charge in [-0.05, 0) is 49.7 Å². The molecule has 0 saturated heterocycles. The Bertz CT molecular complexity index is 732. The van der Waals surface area contributed by atoms with Crippen molar-refractivity contribution in [1.29, 1.82) is 5.26 Å². The summed E-state index contributed by atoms with van der Waals surface area (Å²) in [7, 11) is 4.04. The van der Waals surface area contributed by atoms with E-state index in [1.54, 1.807) is 0 Å². The van der Waals surface area contributed by atoms with Crippen LogP contribution in [0.1, 0.15) is 36.0 Å². The van der Waals surface area contributed by atoms with Crippen molar-refractivity contribution in [3.05, 3.63) is 71.3 Å². The minimum atomic E-state index is 0.0769. The van der Waals surface area contributed by atoms with Gasteiger partial charge in [0.1, 0.15) is 0 Å². The van der Waals surface area contributed by atoms with E-state index in [-0.39, 0.29) is 17.9 Å². The first-order chi connectivity index (χ1) is 12.5. The van der Waals surface area contributed by atoms with Gasteiger partial charge in [-0.2, -0.15) is 5.26 Å². The lowest BCUT2D eigenvalue weighted by atomic mass is 9.97. The first-order valence-corrected chi connectivity index (χ1v) is 8.96. The lowest BCUT2D eigenvalue weighted by Crippen LogP contribution is -2.41. The molecule has 0 radical (unpaired) electrons. The van der Waals surface area contributed by atoms with Crippen molar-refractivity contribution >= 4 is 5.91 Å². The SMILES string of the molecule is C[C@H](CC(=O)NC[C@H](Cc1ccc(C#N)cc1)N(C)C)c1ccccc1. The second kappa shape index (κ2) is 9.74. The quantitative estimate of drug-likeness (QED) is 0.795. The molecule has 136 valence electrons. The van der Waals surface area contributed by atoms with Crippen molar-refractivity contribution in [3.8, 4) is 6.07 Å². The first-order valence-electron chi connectivity index (χ1n) is 8.96. The normalized spacial score (nSPS) is 13.0. The number of likely N-dealkylation sites (N-methyl/N-ethyl adjacent to an activating group) is 1. The topological polar surface area (TPSA) is 56.1 Å². The van der Waals surface area contributed by atoms with Gasteiger partial charge in [-0.25, -0.2) is 0 Å². The van der Waals surface area contributed by atoms with Crippen molar-refractivity contribution < 1.29 is 4.79 Å². The molecule has 0 aliphatic rings. The predicted molar refractivity (Wildman–Crippen MR) is 105 cm³/mol. The number of benzene rings is 2. The van der Waals surface area contributed by atoms with E-state index in [1.807, 2.05) is 56.6 Å². The summed E-state index contributed by atoms with van der Waals surface area (Å²) in [6.45, 7) is 2.68. The number of nitriles is 1. The maximum Gasteiger partial charge on any atom is 0.220 e. The highest BCUT2D eigenvalue weighted by Gasteiger charge is 2.16. The van der Waals surface area contributed by atoms with Crippen molar-refractivity contribution in [2.75, 3.05) is 20.6 Å². The third-order valence-electron chi connectivity index (χ3n) is 4.68. The molecule has 2 atom stereocenters. The van der Waals surface area contributed by atoms with E-state index in [0.29, 0.717) is 18.5 Å². The zero-order valence-corrected chi connectivity index (χ0v) is 15.8. The van der Waals surface area contributed by atoms with Crippen molar-refractivity contribution in [2.45, 2.75) is 31.7 Å². The first kappa shape index (κ1) is 19.7. The summed E-state index contributed by atoms with van der Waals surface area (Å²) in [5, 5.41) is 12.0. The molecular weight excluding hydrogens is 322 g/mol. The Kier molecular flexibility index (Phi) is 7.37. The minimum absolute atomic E-state index is 0.0769. The van der Waals surface area contributed by atoms with Crippen LogP contribution in [0.3, 0.4) is 0 Å². The molecule has 4 nitrogen and oxygen atoms in total. The molecule has 2 aromatic rings. The molecule has 2 aromatic carbocycles. The van der Waals surface area contributed by atoms with Gasteiger partial charge >= 0.3 is 0 Å². The molecule has 0 bridgehead atoms. The van der Waals surface area contributed by atoms with Gasteiger partial charge < -0.3 is 10.2 Å². The van der Waals surface area contributed by atoms with Gasteiger partial charge in [-0.3, -0.25) is 4.79 Å². The number of nitrogens with one attached hydrogen (secondary N) is 1. The maximum atomic E-state index is 12.3. The van der Waals surface area contributed by atoms with Crippen molar-refractivity contribution in [2.24, 2.45) is 0 Å². The fourth-order valence-electron chi connectivity index (χ4n) is 2.91. The summed E-state index contributed by atoms with van der Waals surface area (Å²) in [5.41, 5.74) is 3.01. The third kappa shape index (κ3) is 6.02. The predicted octanol–water partition coefficient (Wildman–Crippen LogP) is 3.34. The smallest absolute Gasteiger partial charge is 0.220 e. The van der Waals surface area contributed by atoms with E-state index < -0.39 is 0 Å². The molecule has 0 heterocycles. The van der Waals surface area contributed by atoms with Crippen LogP contribution in [0.15, 0.2) is 54.6 Å². The third-order valence-corrected chi connectivity index (χ3v) is 4.68. The highest BCUT2D eigenvalue weighted by Crippen LogP contribution is 2.18. The second-order valence-corrected chi connectivity index (χ2v) is 6.95. The molecule has 0 aromatic heterocycles. The van der Waals surface area contributed by atoms with Crippen LogP contribution in [-0.4, -0.2) is 37.5 Å². The summed E-state index contributed by atoms with van der Waals surface area (Å²) in [5.74, 6) is 0.278. The molecule has 0 spiro atoms. The van der Waals surface area contributed by atoms with E-state index in [2.05, 4.69) is 35.3 Å². The van der Waals surface area contributed by atoms with Gasteiger partial charge in [0.25, 0.3) is 0 Å². The summed E-state index contributed by atoms with van der Waals surface area (Å²) in [6, 6.07) is 20.1. The van der Waals surface area contributed by atoms with Crippen LogP contribution in [0.2, 0.25) is 0 Å². The van der Waals surface area contributed by atoms with Crippen LogP contribution >= 0.6 is 0 Å². The number of hydrogen-bond acceptors (Lipinski definition) is 3. The van der Waals surface area contributed by atoms with E-state index in [4.69, 9.17) is 5.26 Å². The summed E-state index contributed by atoms with van der Waals surface area (Å²) in [4.78, 5) is 14.4. The molecule has 1 amide bonds. The lowest BCUT2D eigenvalue weighted by molar-refractivity contribution is -0.121. The van der Waals surface area contributed by atoms with Crippen LogP contribution < -0.4 is 5.32 Å². The maximum absolute atomic E-state index is 12.3. The van der Waals surface area contributed by atoms with E-state index in [1.165, 1.54) is 5.56 Å². The number of nitrogens with zero attached hydrogens (tertiary/aromatic N) is 2. The fraction of sp³-hybridized carbons (Fsp3) is 0.364. The molecule has 26 heavy (non-hydrogen) atoms. The Hall–Kier alpha value is -2.64. The highest BCUT2D eigenvalue weighted by atomic mass is 16.1. The number of hydrogen-bond donors (Lipinski definition) is 1. The number of carbonyl (C=O) groups excluding carboxylic acids is 1. The molecule has 0 aliphatic carbocycles. The number of amides is 1. The molecule has 0 fully saturated rings. The summed E-state index contributed by atoms with van der Waals surface area (Å²) < 4.78 is 0. The Labute approximate surface area is 156 Å². The lowest BCUT2D eigenvalue weighted by Gasteiger charge is -2.25. The molecule has 0 saturated carbocycles. The minimum Gasteiger partial charge on any atom is -0.355 e.